The summed E-state index contributed by atoms with van der Waals surface area (Å²) in [5, 5.41) is 3.64. The number of carbonyl (C=O) groups excluding carboxylic acids is 1. The zero-order chi connectivity index (χ0) is 21.0. The molecule has 0 bridgehead atoms. The molecule has 3 atom stereocenters. The molecule has 3 N–H and O–H groups in total. The first-order valence-corrected chi connectivity index (χ1v) is 11.9. The van der Waals surface area contributed by atoms with Crippen LogP contribution in [-0.4, -0.2) is 40.4 Å². The van der Waals surface area contributed by atoms with Crippen molar-refractivity contribution in [3.05, 3.63) is 24.5 Å². The molecular formula is C24H37N5O. The van der Waals surface area contributed by atoms with Gasteiger partial charge in [0.2, 0.25) is 0 Å². The monoisotopic (exact) mass is 411 g/mol. The number of likely N-dealkylation sites (N-methyl/N-ethyl adjacent to an activating group) is 1. The molecule has 1 aromatic rings. The summed E-state index contributed by atoms with van der Waals surface area (Å²) < 4.78 is 0. The van der Waals surface area contributed by atoms with Gasteiger partial charge in [-0.05, 0) is 56.1 Å². The molecule has 30 heavy (non-hydrogen) atoms. The third-order valence-electron chi connectivity index (χ3n) is 7.51. The maximum Gasteiger partial charge on any atom is 0.257 e. The highest BCUT2D eigenvalue weighted by Crippen LogP contribution is 2.40. The Kier molecular flexibility index (Phi) is 6.59. The first-order chi connectivity index (χ1) is 14.6. The molecule has 6 heteroatoms. The topological polar surface area (TPSA) is 83.6 Å². The van der Waals surface area contributed by atoms with Crippen molar-refractivity contribution in [3.63, 3.8) is 0 Å². The molecule has 0 aromatic carbocycles. The fourth-order valence-electron chi connectivity index (χ4n) is 5.84. The molecule has 0 radical (unpaired) electrons. The van der Waals surface area contributed by atoms with E-state index in [1.165, 1.54) is 51.4 Å². The number of hydrogen-bond acceptors (Lipinski definition) is 5. The van der Waals surface area contributed by atoms with Crippen molar-refractivity contribution in [2.24, 2.45) is 22.6 Å². The number of amides is 1. The summed E-state index contributed by atoms with van der Waals surface area (Å²) in [7, 11) is 1.77. The maximum atomic E-state index is 13.3. The average Bonchev–Trinajstić information content (AvgIpc) is 2.98. The van der Waals surface area contributed by atoms with Crippen molar-refractivity contribution >= 4 is 17.6 Å². The van der Waals surface area contributed by atoms with Crippen LogP contribution in [0.15, 0.2) is 29.5 Å². The Balaban J connectivity index is 1.42. The molecule has 164 valence electrons. The van der Waals surface area contributed by atoms with Crippen LogP contribution in [-0.2, 0) is 4.79 Å². The van der Waals surface area contributed by atoms with Crippen LogP contribution in [0.25, 0.3) is 0 Å². The molecule has 0 unspecified atom stereocenters. The Morgan fingerprint density at radius 1 is 1.17 bits per heavy atom. The van der Waals surface area contributed by atoms with Crippen molar-refractivity contribution < 1.29 is 4.79 Å². The predicted molar refractivity (Wildman–Crippen MR) is 121 cm³/mol. The first-order valence-electron chi connectivity index (χ1n) is 11.9. The van der Waals surface area contributed by atoms with Gasteiger partial charge >= 0.3 is 0 Å². The molecule has 1 aliphatic heterocycles. The summed E-state index contributed by atoms with van der Waals surface area (Å²) in [6.07, 6.45) is 17.7. The number of nitrogens with zero attached hydrogens (tertiary/aromatic N) is 3. The van der Waals surface area contributed by atoms with Gasteiger partial charge in [-0.25, -0.2) is 4.99 Å². The number of aliphatic imine (C=N–C) groups is 1. The Morgan fingerprint density at radius 2 is 1.97 bits per heavy atom. The van der Waals surface area contributed by atoms with E-state index in [1.54, 1.807) is 18.1 Å². The van der Waals surface area contributed by atoms with E-state index >= 15 is 0 Å². The minimum Gasteiger partial charge on any atom is -0.381 e. The summed E-state index contributed by atoms with van der Waals surface area (Å²) in [6.45, 7) is 0. The second kappa shape index (κ2) is 9.36. The van der Waals surface area contributed by atoms with E-state index in [0.29, 0.717) is 17.9 Å². The lowest BCUT2D eigenvalue weighted by molar-refractivity contribution is -0.131. The standard InChI is InChI=1S/C24H37N5O/c1-29-22(30)24(28-23(29)25,13-12-18-7-3-2-4-8-18)16-19-9-5-10-20(15-19)27-21-11-6-14-26-17-21/h6,11,14,17-20,27H,2-5,7-10,12-13,15-16H2,1H3,(H2,25,28)/t19-,20-,24-/m1/s1. The van der Waals surface area contributed by atoms with Gasteiger partial charge in [-0.1, -0.05) is 44.9 Å². The molecule has 2 saturated carbocycles. The summed E-state index contributed by atoms with van der Waals surface area (Å²) in [5.74, 6) is 1.74. The maximum absolute atomic E-state index is 13.3. The molecule has 2 heterocycles. The fourth-order valence-corrected chi connectivity index (χ4v) is 5.84. The highest BCUT2D eigenvalue weighted by Gasteiger charge is 2.48. The molecule has 0 spiro atoms. The van der Waals surface area contributed by atoms with E-state index in [9.17, 15) is 4.79 Å². The normalized spacial score (nSPS) is 30.4. The fraction of sp³-hybridized carbons (Fsp3) is 0.708. The van der Waals surface area contributed by atoms with Gasteiger partial charge < -0.3 is 11.1 Å². The van der Waals surface area contributed by atoms with Crippen LogP contribution in [0.4, 0.5) is 5.69 Å². The highest BCUT2D eigenvalue weighted by molar-refractivity contribution is 6.06. The summed E-state index contributed by atoms with van der Waals surface area (Å²) in [6, 6.07) is 4.47. The Hall–Kier alpha value is -2.11. The van der Waals surface area contributed by atoms with E-state index in [2.05, 4.69) is 16.4 Å². The predicted octanol–water partition coefficient (Wildman–Crippen LogP) is 4.33. The van der Waals surface area contributed by atoms with Gasteiger partial charge in [-0.3, -0.25) is 14.7 Å². The van der Waals surface area contributed by atoms with Gasteiger partial charge in [0.05, 0.1) is 5.69 Å². The van der Waals surface area contributed by atoms with Gasteiger partial charge in [0.1, 0.15) is 5.54 Å². The summed E-state index contributed by atoms with van der Waals surface area (Å²) in [4.78, 5) is 23.9. The van der Waals surface area contributed by atoms with Gasteiger partial charge in [0.15, 0.2) is 5.96 Å². The van der Waals surface area contributed by atoms with Crippen molar-refractivity contribution in [2.45, 2.75) is 88.6 Å². The highest BCUT2D eigenvalue weighted by atomic mass is 16.2. The lowest BCUT2D eigenvalue weighted by Crippen LogP contribution is -2.44. The van der Waals surface area contributed by atoms with Gasteiger partial charge in [0.25, 0.3) is 5.91 Å². The molecule has 3 aliphatic rings. The number of anilines is 1. The molecule has 4 rings (SSSR count). The average molecular weight is 412 g/mol. The summed E-state index contributed by atoms with van der Waals surface area (Å²) >= 11 is 0. The SMILES string of the molecule is CN1C(=O)[C@@](CCC2CCCCC2)(C[C@@H]2CCC[C@@H](Nc3cccnc3)C2)N=C1N. The zero-order valence-electron chi connectivity index (χ0n) is 18.4. The second-order valence-corrected chi connectivity index (χ2v) is 9.73. The lowest BCUT2D eigenvalue weighted by Gasteiger charge is -2.36. The third kappa shape index (κ3) is 4.79. The third-order valence-corrected chi connectivity index (χ3v) is 7.51. The smallest absolute Gasteiger partial charge is 0.257 e. The number of nitrogens with two attached hydrogens (primary N) is 1. The number of pyridine rings is 1. The molecule has 2 fully saturated rings. The molecule has 1 aromatic heterocycles. The summed E-state index contributed by atoms with van der Waals surface area (Å²) in [5.41, 5.74) is 6.56. The van der Waals surface area contributed by atoms with E-state index in [0.717, 1.165) is 37.3 Å². The van der Waals surface area contributed by atoms with Crippen molar-refractivity contribution in [2.75, 3.05) is 12.4 Å². The number of carbonyl (C=O) groups is 1. The van der Waals surface area contributed by atoms with E-state index in [-0.39, 0.29) is 5.91 Å². The van der Waals surface area contributed by atoms with Crippen molar-refractivity contribution in [1.82, 2.24) is 9.88 Å². The quantitative estimate of drug-likeness (QED) is 0.699. The van der Waals surface area contributed by atoms with Crippen LogP contribution in [0.5, 0.6) is 0 Å². The first kappa shape index (κ1) is 21.1. The molecule has 1 amide bonds. The number of hydrogen-bond donors (Lipinski definition) is 2. The van der Waals surface area contributed by atoms with Gasteiger partial charge in [-0.15, -0.1) is 0 Å². The number of guanidine groups is 1. The lowest BCUT2D eigenvalue weighted by atomic mass is 9.74. The van der Waals surface area contributed by atoms with Crippen LogP contribution in [0, 0.1) is 11.8 Å². The molecule has 6 nitrogen and oxygen atoms in total. The molecular weight excluding hydrogens is 374 g/mol. The molecule has 2 aliphatic carbocycles. The largest absolute Gasteiger partial charge is 0.381 e. The van der Waals surface area contributed by atoms with Crippen molar-refractivity contribution in [3.8, 4) is 0 Å². The number of rotatable bonds is 7. The van der Waals surface area contributed by atoms with E-state index < -0.39 is 5.54 Å². The molecule has 0 saturated heterocycles. The van der Waals surface area contributed by atoms with Crippen LogP contribution >= 0.6 is 0 Å². The van der Waals surface area contributed by atoms with Crippen LogP contribution < -0.4 is 11.1 Å². The minimum absolute atomic E-state index is 0.109. The van der Waals surface area contributed by atoms with E-state index in [1.807, 2.05) is 12.3 Å². The Labute approximate surface area is 180 Å². The number of aromatic nitrogens is 1. The van der Waals surface area contributed by atoms with Gasteiger partial charge in [0, 0.05) is 25.5 Å². The Bertz CT molecular complexity index is 745. The number of nitrogens with one attached hydrogen (secondary N) is 1. The minimum atomic E-state index is -0.642. The van der Waals surface area contributed by atoms with Crippen LogP contribution in [0.2, 0.25) is 0 Å². The van der Waals surface area contributed by atoms with Crippen LogP contribution in [0.3, 0.4) is 0 Å². The van der Waals surface area contributed by atoms with Gasteiger partial charge in [-0.2, -0.15) is 0 Å². The zero-order valence-corrected chi connectivity index (χ0v) is 18.4. The van der Waals surface area contributed by atoms with Crippen molar-refractivity contribution in [1.29, 1.82) is 0 Å². The second-order valence-electron chi connectivity index (χ2n) is 9.73. The van der Waals surface area contributed by atoms with E-state index in [4.69, 9.17) is 10.7 Å². The Morgan fingerprint density at radius 3 is 2.67 bits per heavy atom. The van der Waals surface area contributed by atoms with Crippen LogP contribution in [0.1, 0.15) is 77.0 Å².